The van der Waals surface area contributed by atoms with Crippen LogP contribution in [0.4, 0.5) is 17.3 Å². The Bertz CT molecular complexity index is 1090. The van der Waals surface area contributed by atoms with Crippen molar-refractivity contribution in [2.75, 3.05) is 61.8 Å². The van der Waals surface area contributed by atoms with Gasteiger partial charge in [0.2, 0.25) is 5.91 Å². The summed E-state index contributed by atoms with van der Waals surface area (Å²) in [6.07, 6.45) is 7.61. The summed E-state index contributed by atoms with van der Waals surface area (Å²) < 4.78 is 5.70. The van der Waals surface area contributed by atoms with Crippen molar-refractivity contribution >= 4 is 34.8 Å². The van der Waals surface area contributed by atoms with Gasteiger partial charge in [-0.15, -0.1) is 0 Å². The van der Waals surface area contributed by atoms with E-state index in [1.807, 2.05) is 17.0 Å². The molecule has 0 bridgehead atoms. The maximum Gasteiger partial charge on any atom is 0.320 e. The minimum atomic E-state index is -0.107. The van der Waals surface area contributed by atoms with Crippen LogP contribution in [0.2, 0.25) is 5.02 Å². The number of aromatic nitrogens is 2. The van der Waals surface area contributed by atoms with Crippen molar-refractivity contribution in [1.82, 2.24) is 19.8 Å². The fourth-order valence-corrected chi connectivity index (χ4v) is 5.56. The molecule has 4 heterocycles. The van der Waals surface area contributed by atoms with Gasteiger partial charge in [-0.05, 0) is 88.1 Å². The molecule has 2 saturated heterocycles. The van der Waals surface area contributed by atoms with E-state index in [4.69, 9.17) is 22.1 Å². The lowest BCUT2D eigenvalue weighted by Gasteiger charge is -2.24. The minimum absolute atomic E-state index is 0.107. The summed E-state index contributed by atoms with van der Waals surface area (Å²) in [5.74, 6) is 0.683. The number of anilines is 3. The van der Waals surface area contributed by atoms with Gasteiger partial charge in [-0.2, -0.15) is 9.97 Å². The summed E-state index contributed by atoms with van der Waals surface area (Å²) in [5.41, 5.74) is 8.88. The van der Waals surface area contributed by atoms with E-state index >= 15 is 0 Å². The van der Waals surface area contributed by atoms with E-state index in [0.717, 1.165) is 38.0 Å². The summed E-state index contributed by atoms with van der Waals surface area (Å²) in [4.78, 5) is 28.1. The highest BCUT2D eigenvalue weighted by Crippen LogP contribution is 2.34. The first kappa shape index (κ1) is 29.4. The predicted octanol–water partition coefficient (Wildman–Crippen LogP) is 4.94. The molecule has 1 amide bonds. The molecule has 2 aromatic rings. The van der Waals surface area contributed by atoms with Crippen LogP contribution in [0, 0.1) is 0 Å². The van der Waals surface area contributed by atoms with Gasteiger partial charge in [-0.25, -0.2) is 0 Å². The number of unbranched alkanes of at least 4 members (excludes halogenated alkanes) is 1. The lowest BCUT2D eigenvalue weighted by molar-refractivity contribution is -0.115. The van der Waals surface area contributed by atoms with Gasteiger partial charge < -0.3 is 25.6 Å². The van der Waals surface area contributed by atoms with Gasteiger partial charge in [-0.1, -0.05) is 37.9 Å². The third-order valence-corrected chi connectivity index (χ3v) is 7.66. The Morgan fingerprint density at radius 2 is 1.62 bits per heavy atom. The smallest absolute Gasteiger partial charge is 0.320 e. The Morgan fingerprint density at radius 3 is 2.26 bits per heavy atom. The number of benzene rings is 1. The number of nitrogens with one attached hydrogen (secondary N) is 1. The second kappa shape index (κ2) is 14.7. The summed E-state index contributed by atoms with van der Waals surface area (Å²) in [5, 5.41) is 3.57. The number of nitrogen functional groups attached to an aromatic ring is 1. The quantitative estimate of drug-likeness (QED) is 0.418. The van der Waals surface area contributed by atoms with Crippen LogP contribution in [0.25, 0.3) is 0 Å². The first-order valence-corrected chi connectivity index (χ1v) is 14.9. The first-order valence-electron chi connectivity index (χ1n) is 14.5. The van der Waals surface area contributed by atoms with Crippen molar-refractivity contribution in [2.45, 2.75) is 71.9 Å². The average molecular weight is 558 g/mol. The van der Waals surface area contributed by atoms with Gasteiger partial charge in [0.05, 0.1) is 6.61 Å². The Balaban J connectivity index is 0.000000438. The van der Waals surface area contributed by atoms with Crippen molar-refractivity contribution in [2.24, 2.45) is 0 Å². The van der Waals surface area contributed by atoms with Gasteiger partial charge in [-0.3, -0.25) is 9.69 Å². The van der Waals surface area contributed by atoms with Gasteiger partial charge in [0.1, 0.15) is 5.69 Å². The van der Waals surface area contributed by atoms with E-state index in [9.17, 15) is 4.79 Å². The number of halogens is 1. The predicted molar refractivity (Wildman–Crippen MR) is 158 cm³/mol. The van der Waals surface area contributed by atoms with Crippen LogP contribution in [0.3, 0.4) is 0 Å². The lowest BCUT2D eigenvalue weighted by atomic mass is 10.1. The molecule has 1 aromatic carbocycles. The number of amides is 1. The molecule has 214 valence electrons. The largest absolute Gasteiger partial charge is 0.463 e. The number of carbonyl (C=O) groups excluding carboxylic acids is 1. The highest BCUT2D eigenvalue weighted by molar-refractivity contribution is 6.30. The number of rotatable bonds is 9. The molecule has 3 aliphatic heterocycles. The zero-order valence-corrected chi connectivity index (χ0v) is 24.3. The summed E-state index contributed by atoms with van der Waals surface area (Å²) in [7, 11) is 0. The van der Waals surface area contributed by atoms with Crippen LogP contribution < -0.4 is 20.7 Å². The van der Waals surface area contributed by atoms with Crippen LogP contribution in [0.1, 0.15) is 69.9 Å². The summed E-state index contributed by atoms with van der Waals surface area (Å²) in [6.45, 7) is 13.0. The van der Waals surface area contributed by atoms with E-state index in [0.29, 0.717) is 42.6 Å². The monoisotopic (exact) mass is 557 g/mol. The van der Waals surface area contributed by atoms with Crippen LogP contribution in [-0.2, 0) is 17.9 Å². The molecule has 2 fully saturated rings. The summed E-state index contributed by atoms with van der Waals surface area (Å²) >= 11 is 6.46. The number of fused-ring (bicyclic) bond motifs is 1. The van der Waals surface area contributed by atoms with Crippen LogP contribution >= 0.6 is 11.6 Å². The Hall–Kier alpha value is -2.62. The van der Waals surface area contributed by atoms with E-state index in [1.54, 1.807) is 0 Å². The number of hydrogen-bond donors (Lipinski definition) is 2. The van der Waals surface area contributed by atoms with Crippen LogP contribution in [0.15, 0.2) is 18.2 Å². The number of nitrogens with two attached hydrogens (primary N) is 1. The van der Waals surface area contributed by atoms with Gasteiger partial charge >= 0.3 is 6.01 Å². The molecule has 5 rings (SSSR count). The van der Waals surface area contributed by atoms with Crippen molar-refractivity contribution in [3.63, 3.8) is 0 Å². The van der Waals surface area contributed by atoms with Crippen LogP contribution in [0.5, 0.6) is 6.01 Å². The number of ether oxygens (including phenoxy) is 1. The van der Waals surface area contributed by atoms with Crippen molar-refractivity contribution in [3.05, 3.63) is 34.3 Å². The average Bonchev–Trinajstić information content (AvgIpc) is 3.60. The fraction of sp³-hybridized carbons (Fsp3) is 0.621. The molecule has 0 spiro atoms. The van der Waals surface area contributed by atoms with E-state index < -0.39 is 0 Å². The molecule has 0 atom stereocenters. The zero-order valence-electron chi connectivity index (χ0n) is 23.6. The Morgan fingerprint density at radius 1 is 0.949 bits per heavy atom. The summed E-state index contributed by atoms with van der Waals surface area (Å²) in [6, 6.07) is 6.42. The standard InChI is InChI=1S/C23H31ClN6O2.C6H13N/c1-2-3-10-32-23-27-21(25)20-22(28-23)30(9-6-19(31)26-20)15-17-11-16(12-18(24)13-17)14-29-7-4-5-8-29;1-2-7-5-3-4-6-7/h11-13H,2-10,14-15H2,1H3,(H,26,31)(H2,25,27,28);2-6H2,1H3. The lowest BCUT2D eigenvalue weighted by Crippen LogP contribution is -2.25. The molecule has 9 nitrogen and oxygen atoms in total. The highest BCUT2D eigenvalue weighted by atomic mass is 35.5. The van der Waals surface area contributed by atoms with E-state index in [-0.39, 0.29) is 17.7 Å². The third-order valence-electron chi connectivity index (χ3n) is 7.44. The fourth-order valence-electron chi connectivity index (χ4n) is 5.28. The third kappa shape index (κ3) is 8.68. The van der Waals surface area contributed by atoms with Gasteiger partial charge in [0, 0.05) is 31.1 Å². The van der Waals surface area contributed by atoms with E-state index in [2.05, 4.69) is 45.0 Å². The van der Waals surface area contributed by atoms with Crippen molar-refractivity contribution in [1.29, 1.82) is 0 Å². The second-order valence-corrected chi connectivity index (χ2v) is 11.0. The van der Waals surface area contributed by atoms with Crippen molar-refractivity contribution in [3.8, 4) is 6.01 Å². The molecular formula is C29H44ClN7O2. The Kier molecular flexibility index (Phi) is 11.1. The van der Waals surface area contributed by atoms with Crippen molar-refractivity contribution < 1.29 is 9.53 Å². The highest BCUT2D eigenvalue weighted by Gasteiger charge is 2.25. The molecule has 0 unspecified atom stereocenters. The number of nitrogens with zero attached hydrogens (tertiary/aromatic N) is 5. The van der Waals surface area contributed by atoms with Gasteiger partial charge in [0.15, 0.2) is 11.6 Å². The minimum Gasteiger partial charge on any atom is -0.463 e. The molecule has 0 saturated carbocycles. The second-order valence-electron chi connectivity index (χ2n) is 10.6. The molecule has 1 aromatic heterocycles. The number of hydrogen-bond acceptors (Lipinski definition) is 8. The molecule has 39 heavy (non-hydrogen) atoms. The molecule has 0 radical (unpaired) electrons. The SMILES string of the molecule is CCCCOc1nc(N)c2c(n1)N(Cc1cc(Cl)cc(CN3CCCC3)c1)CCC(=O)N2.CCN1CCCC1. The van der Waals surface area contributed by atoms with Gasteiger partial charge in [0.25, 0.3) is 0 Å². The van der Waals surface area contributed by atoms with Crippen LogP contribution in [-0.4, -0.2) is 71.6 Å². The maximum atomic E-state index is 12.3. The normalized spacial score (nSPS) is 17.8. The first-order chi connectivity index (χ1) is 18.9. The number of carbonyl (C=O) groups is 1. The Labute approximate surface area is 238 Å². The van der Waals surface area contributed by atoms with E-state index in [1.165, 1.54) is 50.9 Å². The molecule has 3 aliphatic rings. The molecular weight excluding hydrogens is 514 g/mol. The molecule has 0 aliphatic carbocycles. The zero-order chi connectivity index (χ0) is 27.6. The number of likely N-dealkylation sites (tertiary alicyclic amines) is 2. The molecule has 10 heteroatoms. The maximum absolute atomic E-state index is 12.3. The molecule has 3 N–H and O–H groups in total. The topological polar surface area (TPSA) is 99.8 Å².